The largest absolute Gasteiger partial charge is 0.872 e. The third-order valence-electron chi connectivity index (χ3n) is 4.97. The van der Waals surface area contributed by atoms with Crippen LogP contribution in [0.15, 0.2) is 89.1 Å². The molecule has 1 amide bonds. The number of nitrogens with zero attached hydrogens (tertiary/aromatic N) is 3. The molecule has 0 radical (unpaired) electrons. The van der Waals surface area contributed by atoms with E-state index in [1.807, 2.05) is 66.1 Å². The van der Waals surface area contributed by atoms with E-state index in [1.165, 1.54) is 17.8 Å². The van der Waals surface area contributed by atoms with E-state index in [9.17, 15) is 9.90 Å². The number of aromatic amines is 1. The van der Waals surface area contributed by atoms with Gasteiger partial charge in [-0.15, -0.1) is 5.10 Å². The number of carbonyl (C=O) groups excluding carboxylic acids is 1. The van der Waals surface area contributed by atoms with Crippen molar-refractivity contribution in [3.63, 3.8) is 0 Å². The predicted molar refractivity (Wildman–Crippen MR) is 127 cm³/mol. The highest BCUT2D eigenvalue weighted by Gasteiger charge is 2.24. The summed E-state index contributed by atoms with van der Waals surface area (Å²) >= 11 is 1.30. The second-order valence-electron chi connectivity index (χ2n) is 7.41. The Labute approximate surface area is 196 Å². The molecule has 4 aromatic rings. The maximum atomic E-state index is 12.4. The molecule has 1 heterocycles. The summed E-state index contributed by atoms with van der Waals surface area (Å²) in [6, 6.07) is 24.6. The van der Waals surface area contributed by atoms with E-state index in [0.29, 0.717) is 16.4 Å². The zero-order valence-electron chi connectivity index (χ0n) is 18.3. The fraction of sp³-hybridized carbons (Fsp3) is 0.120. The Hall–Kier alpha value is -3.91. The quantitative estimate of drug-likeness (QED) is 0.192. The Morgan fingerprint density at radius 3 is 2.48 bits per heavy atom. The van der Waals surface area contributed by atoms with Crippen LogP contribution in [0, 0.1) is 6.92 Å². The van der Waals surface area contributed by atoms with Crippen LogP contribution in [0.3, 0.4) is 0 Å². The van der Waals surface area contributed by atoms with Gasteiger partial charge in [-0.05, 0) is 55.4 Å². The van der Waals surface area contributed by atoms with Crippen molar-refractivity contribution in [1.82, 2.24) is 15.6 Å². The van der Waals surface area contributed by atoms with Gasteiger partial charge in [0, 0.05) is 0 Å². The third-order valence-corrected chi connectivity index (χ3v) is 5.91. The molecule has 0 bridgehead atoms. The first-order chi connectivity index (χ1) is 16.0. The van der Waals surface area contributed by atoms with Crippen LogP contribution < -0.4 is 15.1 Å². The molecule has 0 unspecified atom stereocenters. The third kappa shape index (κ3) is 5.30. The smallest absolute Gasteiger partial charge is 0.342 e. The van der Waals surface area contributed by atoms with Gasteiger partial charge in [-0.3, -0.25) is 4.79 Å². The summed E-state index contributed by atoms with van der Waals surface area (Å²) < 4.78 is 1.99. The summed E-state index contributed by atoms with van der Waals surface area (Å²) in [6.07, 6.45) is 0. The van der Waals surface area contributed by atoms with Crippen molar-refractivity contribution in [1.29, 1.82) is 0 Å². The van der Waals surface area contributed by atoms with Crippen molar-refractivity contribution >= 4 is 23.4 Å². The monoisotopic (exact) mass is 457 g/mol. The van der Waals surface area contributed by atoms with E-state index in [-0.39, 0.29) is 17.4 Å². The number of hydrogen-bond donors (Lipinski definition) is 2. The number of thioether (sulfide) groups is 1. The van der Waals surface area contributed by atoms with Gasteiger partial charge in [0.2, 0.25) is 0 Å². The zero-order valence-corrected chi connectivity index (χ0v) is 19.1. The lowest BCUT2D eigenvalue weighted by atomic mass is 10.1. The van der Waals surface area contributed by atoms with Crippen molar-refractivity contribution < 1.29 is 14.5 Å². The molecule has 0 aliphatic rings. The van der Waals surface area contributed by atoms with E-state index >= 15 is 0 Å². The van der Waals surface area contributed by atoms with Gasteiger partial charge in [0.1, 0.15) is 5.69 Å². The first-order valence-corrected chi connectivity index (χ1v) is 11.4. The van der Waals surface area contributed by atoms with Gasteiger partial charge in [-0.1, -0.05) is 65.9 Å². The number of hydrazone groups is 1. The second-order valence-corrected chi connectivity index (χ2v) is 8.35. The second kappa shape index (κ2) is 10.1. The molecule has 0 spiro atoms. The topological polar surface area (TPSA) is 97.1 Å². The molecule has 0 saturated carbocycles. The molecule has 0 saturated heterocycles. The van der Waals surface area contributed by atoms with E-state index in [2.05, 4.69) is 20.7 Å². The lowest BCUT2D eigenvalue weighted by molar-refractivity contribution is -0.625. The van der Waals surface area contributed by atoms with Gasteiger partial charge >= 0.3 is 5.16 Å². The van der Waals surface area contributed by atoms with Crippen LogP contribution in [0.4, 0.5) is 0 Å². The summed E-state index contributed by atoms with van der Waals surface area (Å²) in [5, 5.41) is 24.2. The number of hydrogen-bond acceptors (Lipinski definition) is 5. The molecular formula is C25H23N5O2S. The van der Waals surface area contributed by atoms with Crippen LogP contribution in [0.2, 0.25) is 0 Å². The SMILES string of the molecule is CC(=NNC(=O)CSc1n[nH]c(-c2ccccc2)[n+]1-c1ccc(C)cc1)c1ccccc1[O-]. The lowest BCUT2D eigenvalue weighted by Gasteiger charge is -2.12. The number of amides is 1. The molecule has 33 heavy (non-hydrogen) atoms. The van der Waals surface area contributed by atoms with Gasteiger partial charge < -0.3 is 5.11 Å². The van der Waals surface area contributed by atoms with Crippen LogP contribution in [0.5, 0.6) is 5.75 Å². The van der Waals surface area contributed by atoms with Crippen LogP contribution in [-0.4, -0.2) is 27.6 Å². The molecule has 0 fully saturated rings. The fourth-order valence-electron chi connectivity index (χ4n) is 3.25. The van der Waals surface area contributed by atoms with Crippen molar-refractivity contribution in [3.05, 3.63) is 90.0 Å². The standard InChI is InChI=1S/C25H23N5O2S/c1-17-12-14-20(15-13-17)30-24(19-8-4-3-5-9-19)28-29-25(30)33-16-23(32)27-26-18(2)21-10-6-7-11-22(21)31/h3-15H,16H2,1-2H3,(H2,26,27,31,32). The van der Waals surface area contributed by atoms with E-state index in [0.717, 1.165) is 22.6 Å². The number of aromatic nitrogens is 3. The molecule has 0 aliphatic heterocycles. The zero-order chi connectivity index (χ0) is 23.2. The Morgan fingerprint density at radius 2 is 1.76 bits per heavy atom. The number of H-pyrrole nitrogens is 1. The minimum atomic E-state index is -0.289. The van der Waals surface area contributed by atoms with Gasteiger partial charge in [-0.25, -0.2) is 5.43 Å². The molecular weight excluding hydrogens is 434 g/mol. The van der Waals surface area contributed by atoms with Crippen molar-refractivity contribution in [3.8, 4) is 22.8 Å². The highest BCUT2D eigenvalue weighted by molar-refractivity contribution is 7.99. The van der Waals surface area contributed by atoms with Gasteiger partial charge in [0.05, 0.1) is 22.1 Å². The number of carbonyl (C=O) groups is 1. The molecule has 0 atom stereocenters. The Bertz CT molecular complexity index is 1280. The molecule has 8 heteroatoms. The molecule has 4 rings (SSSR count). The highest BCUT2D eigenvalue weighted by atomic mass is 32.2. The summed E-state index contributed by atoms with van der Waals surface area (Å²) in [5.74, 6) is 0.512. The predicted octanol–water partition coefficient (Wildman–Crippen LogP) is 3.37. The Kier molecular flexibility index (Phi) is 6.85. The fourth-order valence-corrected chi connectivity index (χ4v) is 4.01. The number of rotatable bonds is 7. The van der Waals surface area contributed by atoms with Crippen LogP contribution in [0.25, 0.3) is 17.1 Å². The maximum absolute atomic E-state index is 12.4. The maximum Gasteiger partial charge on any atom is 0.342 e. The van der Waals surface area contributed by atoms with Crippen molar-refractivity contribution in [2.24, 2.45) is 5.10 Å². The van der Waals surface area contributed by atoms with Crippen molar-refractivity contribution in [2.75, 3.05) is 5.75 Å². The Balaban J connectivity index is 1.53. The van der Waals surface area contributed by atoms with Gasteiger partial charge in [0.25, 0.3) is 11.7 Å². The van der Waals surface area contributed by atoms with E-state index in [1.54, 1.807) is 25.1 Å². The first-order valence-electron chi connectivity index (χ1n) is 10.4. The number of nitrogens with one attached hydrogen (secondary N) is 2. The summed E-state index contributed by atoms with van der Waals surface area (Å²) in [6.45, 7) is 3.73. The minimum Gasteiger partial charge on any atom is -0.872 e. The summed E-state index contributed by atoms with van der Waals surface area (Å²) in [4.78, 5) is 12.4. The molecule has 166 valence electrons. The molecule has 0 aliphatic carbocycles. The Morgan fingerprint density at radius 1 is 1.06 bits per heavy atom. The average molecular weight is 458 g/mol. The summed E-state index contributed by atoms with van der Waals surface area (Å²) in [5.41, 5.74) is 6.53. The summed E-state index contributed by atoms with van der Waals surface area (Å²) in [7, 11) is 0. The van der Waals surface area contributed by atoms with Crippen LogP contribution in [0.1, 0.15) is 18.1 Å². The van der Waals surface area contributed by atoms with Crippen LogP contribution in [-0.2, 0) is 4.79 Å². The van der Waals surface area contributed by atoms with E-state index < -0.39 is 0 Å². The normalized spacial score (nSPS) is 11.4. The number of para-hydroxylation sites is 1. The number of aryl methyl sites for hydroxylation is 1. The van der Waals surface area contributed by atoms with E-state index in [4.69, 9.17) is 0 Å². The molecule has 3 aromatic carbocycles. The molecule has 1 aromatic heterocycles. The lowest BCUT2D eigenvalue weighted by Crippen LogP contribution is -2.34. The molecule has 2 N–H and O–H groups in total. The number of benzene rings is 3. The van der Waals surface area contributed by atoms with Crippen LogP contribution >= 0.6 is 11.8 Å². The molecule has 7 nitrogen and oxygen atoms in total. The first kappa shape index (κ1) is 22.3. The minimum absolute atomic E-state index is 0.112. The van der Waals surface area contributed by atoms with Crippen molar-refractivity contribution in [2.45, 2.75) is 19.0 Å². The van der Waals surface area contributed by atoms with Gasteiger partial charge in [-0.2, -0.15) is 9.67 Å². The highest BCUT2D eigenvalue weighted by Crippen LogP contribution is 2.20. The average Bonchev–Trinajstić information content (AvgIpc) is 3.26. The van der Waals surface area contributed by atoms with Gasteiger partial charge in [0.15, 0.2) is 0 Å².